The summed E-state index contributed by atoms with van der Waals surface area (Å²) in [5.74, 6) is -0.322. The van der Waals surface area contributed by atoms with Crippen LogP contribution in [0.4, 0.5) is 4.39 Å². The van der Waals surface area contributed by atoms with Crippen molar-refractivity contribution in [3.8, 4) is 11.3 Å². The number of nitrogens with one attached hydrogen (secondary N) is 1. The summed E-state index contributed by atoms with van der Waals surface area (Å²) in [5.41, 5.74) is 2.61. The van der Waals surface area contributed by atoms with Crippen LogP contribution >= 0.6 is 0 Å². The molecule has 0 aliphatic heterocycles. The second kappa shape index (κ2) is 3.89. The monoisotopic (exact) mass is 218 g/mol. The Balaban J connectivity index is 2.71. The van der Waals surface area contributed by atoms with Crippen LogP contribution in [0.3, 0.4) is 0 Å². The summed E-state index contributed by atoms with van der Waals surface area (Å²) in [6.45, 7) is 3.69. The molecule has 0 unspecified atom stereocenters. The molecule has 1 aromatic heterocycles. The van der Waals surface area contributed by atoms with Gasteiger partial charge >= 0.3 is 5.69 Å². The van der Waals surface area contributed by atoms with Crippen LogP contribution in [0.25, 0.3) is 11.3 Å². The number of halogens is 1. The van der Waals surface area contributed by atoms with E-state index in [0.29, 0.717) is 11.3 Å². The van der Waals surface area contributed by atoms with Crippen LogP contribution in [0.15, 0.2) is 29.2 Å². The Kier molecular flexibility index (Phi) is 2.56. The zero-order valence-electron chi connectivity index (χ0n) is 9.04. The number of H-pyrrole nitrogens is 1. The molecule has 0 bridgehead atoms. The first kappa shape index (κ1) is 10.5. The molecule has 1 N–H and O–H groups in total. The lowest BCUT2D eigenvalue weighted by Gasteiger charge is -2.08. The van der Waals surface area contributed by atoms with Gasteiger partial charge in [0, 0.05) is 11.8 Å². The van der Waals surface area contributed by atoms with Crippen LogP contribution < -0.4 is 5.69 Å². The van der Waals surface area contributed by atoms with Crippen molar-refractivity contribution in [1.82, 2.24) is 9.97 Å². The predicted octanol–water partition coefficient (Wildman–Crippen LogP) is 2.19. The Morgan fingerprint density at radius 2 is 2.00 bits per heavy atom. The third-order valence-corrected chi connectivity index (χ3v) is 2.47. The van der Waals surface area contributed by atoms with Crippen molar-refractivity contribution in [2.75, 3.05) is 0 Å². The fourth-order valence-corrected chi connectivity index (χ4v) is 1.60. The molecular formula is C12H11FN2O. The molecular weight excluding hydrogens is 207 g/mol. The Hall–Kier alpha value is -1.97. The number of aryl methyl sites for hydroxylation is 2. The molecule has 0 spiro atoms. The van der Waals surface area contributed by atoms with Gasteiger partial charge in [-0.25, -0.2) is 14.2 Å². The van der Waals surface area contributed by atoms with E-state index in [2.05, 4.69) is 9.97 Å². The number of hydrogen-bond donors (Lipinski definition) is 1. The molecule has 0 fully saturated rings. The molecule has 0 aliphatic rings. The van der Waals surface area contributed by atoms with Gasteiger partial charge in [-0.3, -0.25) is 0 Å². The van der Waals surface area contributed by atoms with Crippen LogP contribution in [0.2, 0.25) is 0 Å². The summed E-state index contributed by atoms with van der Waals surface area (Å²) >= 11 is 0. The molecule has 3 nitrogen and oxygen atoms in total. The topological polar surface area (TPSA) is 45.8 Å². The second-order valence-electron chi connectivity index (χ2n) is 3.71. The zero-order chi connectivity index (χ0) is 11.7. The highest BCUT2D eigenvalue weighted by Crippen LogP contribution is 2.23. The average molecular weight is 218 g/mol. The predicted molar refractivity (Wildman–Crippen MR) is 59.7 cm³/mol. The Bertz CT molecular complexity index is 590. The molecule has 0 saturated heterocycles. The summed E-state index contributed by atoms with van der Waals surface area (Å²) in [4.78, 5) is 17.4. The van der Waals surface area contributed by atoms with Crippen molar-refractivity contribution in [3.63, 3.8) is 0 Å². The highest BCUT2D eigenvalue weighted by molar-refractivity contribution is 5.65. The number of benzene rings is 1. The van der Waals surface area contributed by atoms with Crippen molar-refractivity contribution in [1.29, 1.82) is 0 Å². The summed E-state index contributed by atoms with van der Waals surface area (Å²) < 4.78 is 13.2. The van der Waals surface area contributed by atoms with E-state index in [1.54, 1.807) is 6.07 Å². The van der Waals surface area contributed by atoms with Gasteiger partial charge in [0.25, 0.3) is 0 Å². The number of aromatic nitrogens is 2. The average Bonchev–Trinajstić information content (AvgIpc) is 2.25. The van der Waals surface area contributed by atoms with E-state index >= 15 is 0 Å². The fraction of sp³-hybridized carbons (Fsp3) is 0.167. The van der Waals surface area contributed by atoms with E-state index in [1.165, 1.54) is 18.3 Å². The van der Waals surface area contributed by atoms with Crippen LogP contribution in [-0.4, -0.2) is 9.97 Å². The van der Waals surface area contributed by atoms with E-state index in [9.17, 15) is 9.18 Å². The number of nitrogens with zero attached hydrogens (tertiary/aromatic N) is 1. The van der Waals surface area contributed by atoms with Gasteiger partial charge in [0.15, 0.2) is 0 Å². The molecule has 0 aliphatic carbocycles. The van der Waals surface area contributed by atoms with Gasteiger partial charge in [-0.1, -0.05) is 6.07 Å². The van der Waals surface area contributed by atoms with E-state index in [4.69, 9.17) is 0 Å². The van der Waals surface area contributed by atoms with Gasteiger partial charge in [0.1, 0.15) is 5.82 Å². The Morgan fingerprint density at radius 3 is 2.75 bits per heavy atom. The van der Waals surface area contributed by atoms with E-state index in [1.807, 2.05) is 13.8 Å². The Morgan fingerprint density at radius 1 is 1.25 bits per heavy atom. The van der Waals surface area contributed by atoms with Gasteiger partial charge < -0.3 is 4.98 Å². The largest absolute Gasteiger partial charge is 0.345 e. The minimum atomic E-state index is -0.427. The van der Waals surface area contributed by atoms with Crippen molar-refractivity contribution < 1.29 is 4.39 Å². The van der Waals surface area contributed by atoms with Gasteiger partial charge in [-0.2, -0.15) is 0 Å². The lowest BCUT2D eigenvalue weighted by Crippen LogP contribution is -2.11. The van der Waals surface area contributed by atoms with Crippen LogP contribution in [0, 0.1) is 19.7 Å². The minimum absolute atomic E-state index is 0.322. The molecule has 82 valence electrons. The fourth-order valence-electron chi connectivity index (χ4n) is 1.60. The Labute approximate surface area is 92.0 Å². The summed E-state index contributed by atoms with van der Waals surface area (Å²) in [5, 5.41) is 0. The molecule has 0 amide bonds. The standard InChI is InChI=1S/C12H11FN2O/c1-7-3-4-9(13)5-10(7)11-8(2)6-14-12(16)15-11/h3-6H,1-2H3,(H,14,15,16). The van der Waals surface area contributed by atoms with Gasteiger partial charge in [0.05, 0.1) is 5.69 Å². The maximum atomic E-state index is 13.2. The second-order valence-corrected chi connectivity index (χ2v) is 3.71. The van der Waals surface area contributed by atoms with Crippen molar-refractivity contribution in [2.45, 2.75) is 13.8 Å². The molecule has 1 aromatic carbocycles. The first-order chi connectivity index (χ1) is 7.58. The molecule has 0 saturated carbocycles. The number of rotatable bonds is 1. The first-order valence-corrected chi connectivity index (χ1v) is 4.90. The summed E-state index contributed by atoms with van der Waals surface area (Å²) in [7, 11) is 0. The third kappa shape index (κ3) is 1.86. The summed E-state index contributed by atoms with van der Waals surface area (Å²) in [6.07, 6.45) is 1.48. The van der Waals surface area contributed by atoms with Crippen LogP contribution in [0.1, 0.15) is 11.1 Å². The highest BCUT2D eigenvalue weighted by atomic mass is 19.1. The van der Waals surface area contributed by atoms with Gasteiger partial charge in [-0.15, -0.1) is 0 Å². The highest BCUT2D eigenvalue weighted by Gasteiger charge is 2.07. The number of aromatic amines is 1. The SMILES string of the molecule is Cc1ccc(F)cc1-c1[nH]c(=O)ncc1C. The van der Waals surface area contributed by atoms with Crippen LogP contribution in [-0.2, 0) is 0 Å². The van der Waals surface area contributed by atoms with Gasteiger partial charge in [0.2, 0.25) is 0 Å². The molecule has 4 heteroatoms. The molecule has 0 atom stereocenters. The van der Waals surface area contributed by atoms with Gasteiger partial charge in [-0.05, 0) is 37.1 Å². The van der Waals surface area contributed by atoms with E-state index < -0.39 is 5.69 Å². The molecule has 1 heterocycles. The lowest BCUT2D eigenvalue weighted by atomic mass is 10.0. The zero-order valence-corrected chi connectivity index (χ0v) is 9.04. The quantitative estimate of drug-likeness (QED) is 0.797. The lowest BCUT2D eigenvalue weighted by molar-refractivity contribution is 0.628. The minimum Gasteiger partial charge on any atom is -0.305 e. The third-order valence-electron chi connectivity index (χ3n) is 2.47. The molecule has 0 radical (unpaired) electrons. The van der Waals surface area contributed by atoms with Crippen molar-refractivity contribution in [2.24, 2.45) is 0 Å². The first-order valence-electron chi connectivity index (χ1n) is 4.90. The number of hydrogen-bond acceptors (Lipinski definition) is 2. The maximum Gasteiger partial charge on any atom is 0.345 e. The normalized spacial score (nSPS) is 10.4. The molecule has 2 aromatic rings. The summed E-state index contributed by atoms with van der Waals surface area (Å²) in [6, 6.07) is 4.49. The smallest absolute Gasteiger partial charge is 0.305 e. The van der Waals surface area contributed by atoms with E-state index in [-0.39, 0.29) is 5.82 Å². The van der Waals surface area contributed by atoms with Crippen LogP contribution in [0.5, 0.6) is 0 Å². The van der Waals surface area contributed by atoms with Crippen molar-refractivity contribution >= 4 is 0 Å². The van der Waals surface area contributed by atoms with E-state index in [0.717, 1.165) is 11.1 Å². The molecule has 16 heavy (non-hydrogen) atoms. The van der Waals surface area contributed by atoms with Crippen molar-refractivity contribution in [3.05, 3.63) is 51.8 Å². The maximum absolute atomic E-state index is 13.2. The molecule has 2 rings (SSSR count).